The second-order valence-corrected chi connectivity index (χ2v) is 5.08. The number of hydrogen-bond donors (Lipinski definition) is 1. The first-order valence-electron chi connectivity index (χ1n) is 6.62. The molecule has 2 aromatic rings. The van der Waals surface area contributed by atoms with Crippen molar-refractivity contribution in [3.63, 3.8) is 0 Å². The van der Waals surface area contributed by atoms with Crippen LogP contribution in [-0.4, -0.2) is 11.5 Å². The summed E-state index contributed by atoms with van der Waals surface area (Å²) in [6.07, 6.45) is 4.82. The molecule has 0 aliphatic carbocycles. The molecule has 3 heteroatoms. The smallest absolute Gasteiger partial charge is 0.0457 e. The molecule has 1 aromatic carbocycles. The predicted molar refractivity (Wildman–Crippen MR) is 81.4 cm³/mol. The van der Waals surface area contributed by atoms with E-state index in [0.29, 0.717) is 0 Å². The third kappa shape index (κ3) is 3.55. The van der Waals surface area contributed by atoms with Crippen LogP contribution in [0.5, 0.6) is 0 Å². The van der Waals surface area contributed by atoms with Crippen LogP contribution in [0.15, 0.2) is 36.7 Å². The van der Waals surface area contributed by atoms with Crippen LogP contribution < -0.4 is 5.32 Å². The third-order valence-electron chi connectivity index (χ3n) is 3.15. The monoisotopic (exact) mass is 274 g/mol. The van der Waals surface area contributed by atoms with Crippen molar-refractivity contribution in [1.82, 2.24) is 10.3 Å². The van der Waals surface area contributed by atoms with Crippen LogP contribution in [0.4, 0.5) is 0 Å². The van der Waals surface area contributed by atoms with Gasteiger partial charge in [0.15, 0.2) is 0 Å². The van der Waals surface area contributed by atoms with Gasteiger partial charge in [-0.3, -0.25) is 4.98 Å². The third-order valence-corrected chi connectivity index (χ3v) is 3.50. The number of aromatic nitrogens is 1. The zero-order valence-electron chi connectivity index (χ0n) is 11.4. The minimum Gasteiger partial charge on any atom is -0.313 e. The van der Waals surface area contributed by atoms with Crippen molar-refractivity contribution in [2.45, 2.75) is 26.8 Å². The van der Waals surface area contributed by atoms with E-state index in [1.165, 1.54) is 5.56 Å². The number of halogens is 1. The van der Waals surface area contributed by atoms with Gasteiger partial charge in [-0.05, 0) is 48.7 Å². The van der Waals surface area contributed by atoms with Gasteiger partial charge < -0.3 is 5.32 Å². The molecular formula is C16H19ClN2. The van der Waals surface area contributed by atoms with Crippen molar-refractivity contribution in [1.29, 1.82) is 0 Å². The highest BCUT2D eigenvalue weighted by Gasteiger charge is 2.05. The second kappa shape index (κ2) is 6.69. The first-order valence-corrected chi connectivity index (χ1v) is 7.00. The number of benzene rings is 1. The summed E-state index contributed by atoms with van der Waals surface area (Å²) < 4.78 is 0. The van der Waals surface area contributed by atoms with Gasteiger partial charge in [0, 0.05) is 29.5 Å². The van der Waals surface area contributed by atoms with Gasteiger partial charge in [0.1, 0.15) is 0 Å². The van der Waals surface area contributed by atoms with E-state index in [9.17, 15) is 0 Å². The van der Waals surface area contributed by atoms with E-state index in [4.69, 9.17) is 11.6 Å². The van der Waals surface area contributed by atoms with Crippen molar-refractivity contribution in [3.8, 4) is 11.1 Å². The van der Waals surface area contributed by atoms with E-state index < -0.39 is 0 Å². The van der Waals surface area contributed by atoms with E-state index >= 15 is 0 Å². The Labute approximate surface area is 119 Å². The second-order valence-electron chi connectivity index (χ2n) is 4.67. The number of hydrogen-bond acceptors (Lipinski definition) is 2. The van der Waals surface area contributed by atoms with Crippen molar-refractivity contribution in [2.24, 2.45) is 0 Å². The fraction of sp³-hybridized carbons (Fsp3) is 0.312. The highest BCUT2D eigenvalue weighted by molar-refractivity contribution is 6.31. The molecule has 0 saturated carbocycles. The summed E-state index contributed by atoms with van der Waals surface area (Å²) in [6.45, 7) is 6.07. The van der Waals surface area contributed by atoms with Gasteiger partial charge >= 0.3 is 0 Å². The summed E-state index contributed by atoms with van der Waals surface area (Å²) in [5, 5.41) is 4.18. The summed E-state index contributed by atoms with van der Waals surface area (Å²) in [6, 6.07) is 8.24. The molecule has 1 N–H and O–H groups in total. The summed E-state index contributed by atoms with van der Waals surface area (Å²) in [4.78, 5) is 4.18. The maximum Gasteiger partial charge on any atom is 0.0457 e. The zero-order valence-corrected chi connectivity index (χ0v) is 12.2. The molecule has 0 aliphatic rings. The standard InChI is InChI=1S/C16H19ClN2/c1-3-7-18-10-14-5-4-13(9-16(14)17)15-11-19-8-6-12(15)2/h4-6,8-9,11,18H,3,7,10H2,1-2H3. The molecule has 1 heterocycles. The normalized spacial score (nSPS) is 10.7. The Morgan fingerprint density at radius 3 is 2.79 bits per heavy atom. The van der Waals surface area contributed by atoms with Gasteiger partial charge in [-0.2, -0.15) is 0 Å². The lowest BCUT2D eigenvalue weighted by atomic mass is 10.0. The molecule has 0 bridgehead atoms. The van der Waals surface area contributed by atoms with Crippen molar-refractivity contribution in [2.75, 3.05) is 6.54 Å². The molecule has 0 spiro atoms. The lowest BCUT2D eigenvalue weighted by molar-refractivity contribution is 0.675. The van der Waals surface area contributed by atoms with Gasteiger partial charge in [0.05, 0.1) is 0 Å². The molecule has 0 unspecified atom stereocenters. The fourth-order valence-corrected chi connectivity index (χ4v) is 2.27. The van der Waals surface area contributed by atoms with Gasteiger partial charge in [-0.15, -0.1) is 0 Å². The Morgan fingerprint density at radius 2 is 2.11 bits per heavy atom. The number of pyridine rings is 1. The van der Waals surface area contributed by atoms with Gasteiger partial charge in [0.2, 0.25) is 0 Å². The number of nitrogens with zero attached hydrogens (tertiary/aromatic N) is 1. The topological polar surface area (TPSA) is 24.9 Å². The molecule has 0 atom stereocenters. The van der Waals surface area contributed by atoms with Crippen LogP contribution in [0, 0.1) is 6.92 Å². The maximum absolute atomic E-state index is 6.35. The van der Waals surface area contributed by atoms with Gasteiger partial charge in [-0.1, -0.05) is 30.7 Å². The molecule has 19 heavy (non-hydrogen) atoms. The Morgan fingerprint density at radius 1 is 1.26 bits per heavy atom. The Hall–Kier alpha value is -1.38. The highest BCUT2D eigenvalue weighted by atomic mass is 35.5. The zero-order chi connectivity index (χ0) is 13.7. The summed E-state index contributed by atoms with van der Waals surface area (Å²) in [5.41, 5.74) is 4.61. The molecule has 0 amide bonds. The first-order chi connectivity index (χ1) is 9.22. The average Bonchev–Trinajstić information content (AvgIpc) is 2.41. The van der Waals surface area contributed by atoms with E-state index in [1.54, 1.807) is 0 Å². The molecule has 0 saturated heterocycles. The number of aryl methyl sites for hydroxylation is 1. The largest absolute Gasteiger partial charge is 0.313 e. The van der Waals surface area contributed by atoms with E-state index in [0.717, 1.165) is 41.2 Å². The van der Waals surface area contributed by atoms with Crippen LogP contribution in [0.2, 0.25) is 5.02 Å². The number of nitrogens with one attached hydrogen (secondary N) is 1. The Bertz CT molecular complexity index is 552. The van der Waals surface area contributed by atoms with E-state index in [-0.39, 0.29) is 0 Å². The van der Waals surface area contributed by atoms with Crippen LogP contribution >= 0.6 is 11.6 Å². The summed E-state index contributed by atoms with van der Waals surface area (Å²) in [7, 11) is 0. The average molecular weight is 275 g/mol. The van der Waals surface area contributed by atoms with Crippen molar-refractivity contribution >= 4 is 11.6 Å². The summed E-state index contributed by atoms with van der Waals surface area (Å²) in [5.74, 6) is 0. The molecule has 1 aromatic heterocycles. The number of rotatable bonds is 5. The van der Waals surface area contributed by atoms with Crippen LogP contribution in [0.1, 0.15) is 24.5 Å². The van der Waals surface area contributed by atoms with E-state index in [2.05, 4.69) is 36.3 Å². The molecule has 0 radical (unpaired) electrons. The Balaban J connectivity index is 2.21. The molecule has 100 valence electrons. The van der Waals surface area contributed by atoms with Crippen molar-refractivity contribution in [3.05, 3.63) is 52.8 Å². The maximum atomic E-state index is 6.35. The SMILES string of the molecule is CCCNCc1ccc(-c2cnccc2C)cc1Cl. The van der Waals surface area contributed by atoms with Gasteiger partial charge in [-0.25, -0.2) is 0 Å². The van der Waals surface area contributed by atoms with Crippen molar-refractivity contribution < 1.29 is 0 Å². The van der Waals surface area contributed by atoms with Gasteiger partial charge in [0.25, 0.3) is 0 Å². The summed E-state index contributed by atoms with van der Waals surface area (Å²) >= 11 is 6.35. The molecule has 0 fully saturated rings. The lowest BCUT2D eigenvalue weighted by Gasteiger charge is -2.09. The minimum absolute atomic E-state index is 0.810. The van der Waals surface area contributed by atoms with Crippen LogP contribution in [0.25, 0.3) is 11.1 Å². The molecule has 2 rings (SSSR count). The molecule has 2 nitrogen and oxygen atoms in total. The Kier molecular flexibility index (Phi) is 4.94. The predicted octanol–water partition coefficient (Wildman–Crippen LogP) is 4.21. The highest BCUT2D eigenvalue weighted by Crippen LogP contribution is 2.27. The van der Waals surface area contributed by atoms with Crippen LogP contribution in [-0.2, 0) is 6.54 Å². The minimum atomic E-state index is 0.810. The first kappa shape index (κ1) is 14.0. The lowest BCUT2D eigenvalue weighted by Crippen LogP contribution is -2.13. The quantitative estimate of drug-likeness (QED) is 0.826. The molecular weight excluding hydrogens is 256 g/mol. The van der Waals surface area contributed by atoms with Crippen LogP contribution in [0.3, 0.4) is 0 Å². The molecule has 0 aliphatic heterocycles. The van der Waals surface area contributed by atoms with E-state index in [1.807, 2.05) is 24.5 Å². The fourth-order valence-electron chi connectivity index (χ4n) is 2.02.